The van der Waals surface area contributed by atoms with Crippen molar-refractivity contribution in [3.8, 4) is 0 Å². The third-order valence-electron chi connectivity index (χ3n) is 2.26. The molecule has 0 spiro atoms. The number of piperidine rings is 1. The van der Waals surface area contributed by atoms with Gasteiger partial charge in [-0.25, -0.2) is 4.39 Å². The molecule has 0 saturated carbocycles. The fourth-order valence-corrected chi connectivity index (χ4v) is 1.58. The predicted molar refractivity (Wildman–Crippen MR) is 42.8 cm³/mol. The fourth-order valence-electron chi connectivity index (χ4n) is 1.58. The van der Waals surface area contributed by atoms with Crippen molar-refractivity contribution in [2.24, 2.45) is 5.92 Å². The zero-order valence-electron chi connectivity index (χ0n) is 7.00. The van der Waals surface area contributed by atoms with E-state index in [0.717, 1.165) is 19.4 Å². The van der Waals surface area contributed by atoms with Gasteiger partial charge in [-0.05, 0) is 19.4 Å². The molecule has 0 amide bonds. The molecule has 1 heterocycles. The van der Waals surface area contributed by atoms with Crippen LogP contribution in [0.25, 0.3) is 0 Å². The Kier molecular flexibility index (Phi) is 3.47. The van der Waals surface area contributed by atoms with Crippen molar-refractivity contribution in [3.63, 3.8) is 0 Å². The van der Waals surface area contributed by atoms with Crippen molar-refractivity contribution in [1.29, 1.82) is 0 Å². The Morgan fingerprint density at radius 3 is 3.00 bits per heavy atom. The highest BCUT2D eigenvalue weighted by atomic mass is 19.1. The summed E-state index contributed by atoms with van der Waals surface area (Å²) in [6, 6.07) is 0. The number of carbonyl (C=O) groups is 1. The molecule has 1 aliphatic heterocycles. The lowest BCUT2D eigenvalue weighted by atomic mass is 9.98. The number of alkyl halides is 1. The Morgan fingerprint density at radius 1 is 1.67 bits per heavy atom. The monoisotopic (exact) mass is 175 g/mol. The molecule has 0 aliphatic carbocycles. The third-order valence-corrected chi connectivity index (χ3v) is 2.26. The normalized spacial score (nSPS) is 25.6. The predicted octanol–water partition coefficient (Wildman–Crippen LogP) is 0.753. The maximum Gasteiger partial charge on any atom is 0.307 e. The van der Waals surface area contributed by atoms with E-state index in [9.17, 15) is 9.18 Å². The molecule has 12 heavy (non-hydrogen) atoms. The molecule has 0 radical (unpaired) electrons. The number of carboxylic acids is 1. The van der Waals surface area contributed by atoms with Crippen molar-refractivity contribution in [2.45, 2.75) is 12.8 Å². The average molecular weight is 175 g/mol. The van der Waals surface area contributed by atoms with Gasteiger partial charge in [0.15, 0.2) is 0 Å². The summed E-state index contributed by atoms with van der Waals surface area (Å²) in [6.07, 6.45) is 1.61. The second-order valence-electron chi connectivity index (χ2n) is 3.17. The summed E-state index contributed by atoms with van der Waals surface area (Å²) in [7, 11) is 0. The van der Waals surface area contributed by atoms with Crippen LogP contribution in [0, 0.1) is 5.92 Å². The molecule has 0 bridgehead atoms. The van der Waals surface area contributed by atoms with Gasteiger partial charge in [0.25, 0.3) is 0 Å². The van der Waals surface area contributed by atoms with E-state index in [0.29, 0.717) is 13.1 Å². The van der Waals surface area contributed by atoms with Crippen LogP contribution < -0.4 is 0 Å². The highest BCUT2D eigenvalue weighted by Gasteiger charge is 2.24. The van der Waals surface area contributed by atoms with E-state index in [1.54, 1.807) is 0 Å². The number of halogens is 1. The molecule has 3 nitrogen and oxygen atoms in total. The maximum absolute atomic E-state index is 11.9. The molecule has 0 unspecified atom stereocenters. The first kappa shape index (κ1) is 9.45. The van der Waals surface area contributed by atoms with Crippen LogP contribution in [0.1, 0.15) is 12.8 Å². The zero-order chi connectivity index (χ0) is 8.97. The van der Waals surface area contributed by atoms with Gasteiger partial charge >= 0.3 is 5.97 Å². The highest BCUT2D eigenvalue weighted by molar-refractivity contribution is 5.70. The molecule has 0 aromatic rings. The van der Waals surface area contributed by atoms with E-state index in [4.69, 9.17) is 5.11 Å². The Morgan fingerprint density at radius 2 is 2.42 bits per heavy atom. The van der Waals surface area contributed by atoms with Gasteiger partial charge in [0.05, 0.1) is 5.92 Å². The molecule has 1 N–H and O–H groups in total. The van der Waals surface area contributed by atoms with Crippen molar-refractivity contribution >= 4 is 5.97 Å². The fraction of sp³-hybridized carbons (Fsp3) is 0.875. The minimum atomic E-state index is -0.751. The lowest BCUT2D eigenvalue weighted by Crippen LogP contribution is -2.39. The third kappa shape index (κ3) is 2.44. The molecule has 1 aliphatic rings. The summed E-state index contributed by atoms with van der Waals surface area (Å²) in [5.74, 6) is -1.04. The van der Waals surface area contributed by atoms with Crippen LogP contribution in [0.2, 0.25) is 0 Å². The minimum Gasteiger partial charge on any atom is -0.481 e. The molecule has 0 aromatic heterocycles. The van der Waals surface area contributed by atoms with Gasteiger partial charge < -0.3 is 5.11 Å². The summed E-state index contributed by atoms with van der Waals surface area (Å²) in [5, 5.41) is 8.70. The number of hydrogen-bond donors (Lipinski definition) is 1. The molecular weight excluding hydrogens is 161 g/mol. The number of nitrogens with zero attached hydrogens (tertiary/aromatic N) is 1. The van der Waals surface area contributed by atoms with Gasteiger partial charge in [-0.2, -0.15) is 0 Å². The van der Waals surface area contributed by atoms with Gasteiger partial charge in [0.2, 0.25) is 0 Å². The lowest BCUT2D eigenvalue weighted by Gasteiger charge is -2.29. The topological polar surface area (TPSA) is 40.5 Å². The van der Waals surface area contributed by atoms with Crippen LogP contribution in [-0.2, 0) is 4.79 Å². The Balaban J connectivity index is 2.35. The molecule has 1 atom stereocenters. The van der Waals surface area contributed by atoms with Gasteiger partial charge in [-0.1, -0.05) is 0 Å². The van der Waals surface area contributed by atoms with Gasteiger partial charge in [0, 0.05) is 13.1 Å². The van der Waals surface area contributed by atoms with E-state index in [2.05, 4.69) is 0 Å². The van der Waals surface area contributed by atoms with Crippen LogP contribution in [0.4, 0.5) is 4.39 Å². The Hall–Kier alpha value is -0.640. The minimum absolute atomic E-state index is 0.287. The second kappa shape index (κ2) is 4.40. The molecule has 4 heteroatoms. The molecule has 1 saturated heterocycles. The van der Waals surface area contributed by atoms with Crippen molar-refractivity contribution in [3.05, 3.63) is 0 Å². The summed E-state index contributed by atoms with van der Waals surface area (Å²) < 4.78 is 11.9. The van der Waals surface area contributed by atoms with Crippen LogP contribution in [0.5, 0.6) is 0 Å². The first-order chi connectivity index (χ1) is 5.74. The van der Waals surface area contributed by atoms with Gasteiger partial charge in [0.1, 0.15) is 6.67 Å². The van der Waals surface area contributed by atoms with Crippen molar-refractivity contribution in [1.82, 2.24) is 4.90 Å². The van der Waals surface area contributed by atoms with Crippen LogP contribution >= 0.6 is 0 Å². The van der Waals surface area contributed by atoms with E-state index in [1.807, 2.05) is 4.90 Å². The smallest absolute Gasteiger partial charge is 0.307 e. The number of aliphatic carboxylic acids is 1. The van der Waals surface area contributed by atoms with Crippen LogP contribution in [-0.4, -0.2) is 42.3 Å². The Bertz CT molecular complexity index is 161. The van der Waals surface area contributed by atoms with Gasteiger partial charge in [-0.15, -0.1) is 0 Å². The second-order valence-corrected chi connectivity index (χ2v) is 3.17. The van der Waals surface area contributed by atoms with Crippen LogP contribution in [0.3, 0.4) is 0 Å². The summed E-state index contributed by atoms with van der Waals surface area (Å²) >= 11 is 0. The summed E-state index contributed by atoms with van der Waals surface area (Å²) in [5.41, 5.74) is 0. The molecule has 0 aromatic carbocycles. The standard InChI is InChI=1S/C8H14FNO2/c9-3-5-10-4-1-2-7(6-10)8(11)12/h7H,1-6H2,(H,11,12)/t7-/m1/s1. The van der Waals surface area contributed by atoms with E-state index in [-0.39, 0.29) is 12.6 Å². The molecule has 70 valence electrons. The number of likely N-dealkylation sites (tertiary alicyclic amines) is 1. The molecule has 1 rings (SSSR count). The summed E-state index contributed by atoms with van der Waals surface area (Å²) in [4.78, 5) is 12.5. The van der Waals surface area contributed by atoms with Crippen LogP contribution in [0.15, 0.2) is 0 Å². The average Bonchev–Trinajstić information content (AvgIpc) is 2.05. The zero-order valence-corrected chi connectivity index (χ0v) is 7.00. The largest absolute Gasteiger partial charge is 0.481 e. The summed E-state index contributed by atoms with van der Waals surface area (Å²) in [6.45, 7) is 1.35. The van der Waals surface area contributed by atoms with Gasteiger partial charge in [-0.3, -0.25) is 9.69 Å². The molecule has 1 fully saturated rings. The van der Waals surface area contributed by atoms with E-state index < -0.39 is 5.97 Å². The maximum atomic E-state index is 11.9. The highest BCUT2D eigenvalue weighted by Crippen LogP contribution is 2.15. The first-order valence-electron chi connectivity index (χ1n) is 4.25. The first-order valence-corrected chi connectivity index (χ1v) is 4.25. The lowest BCUT2D eigenvalue weighted by molar-refractivity contribution is -0.143. The SMILES string of the molecule is O=C(O)[C@@H]1CCCN(CCF)C1. The molecular formula is C8H14FNO2. The van der Waals surface area contributed by atoms with E-state index in [1.165, 1.54) is 0 Å². The number of hydrogen-bond acceptors (Lipinski definition) is 2. The Labute approximate surface area is 71.2 Å². The quantitative estimate of drug-likeness (QED) is 0.688. The van der Waals surface area contributed by atoms with Crippen molar-refractivity contribution < 1.29 is 14.3 Å². The van der Waals surface area contributed by atoms with E-state index >= 15 is 0 Å². The number of rotatable bonds is 3. The van der Waals surface area contributed by atoms with Crippen molar-refractivity contribution in [2.75, 3.05) is 26.3 Å². The number of carboxylic acid groups (broad SMARTS) is 1.